The Balaban J connectivity index is 1.78. The van der Waals surface area contributed by atoms with Crippen molar-refractivity contribution in [1.82, 2.24) is 5.32 Å². The maximum absolute atomic E-state index is 6.03. The molecule has 0 aliphatic heterocycles. The van der Waals surface area contributed by atoms with Crippen molar-refractivity contribution in [2.45, 2.75) is 44.7 Å². The van der Waals surface area contributed by atoms with Crippen molar-refractivity contribution in [1.29, 1.82) is 0 Å². The van der Waals surface area contributed by atoms with Crippen LogP contribution in [0, 0.1) is 5.92 Å². The summed E-state index contributed by atoms with van der Waals surface area (Å²) in [6, 6.07) is 13.7. The van der Waals surface area contributed by atoms with Crippen molar-refractivity contribution in [2.24, 2.45) is 5.92 Å². The minimum Gasteiger partial charge on any atom is -0.302 e. The van der Waals surface area contributed by atoms with Crippen LogP contribution < -0.4 is 5.32 Å². The Morgan fingerprint density at radius 1 is 1.24 bits per heavy atom. The van der Waals surface area contributed by atoms with E-state index in [-0.39, 0.29) is 0 Å². The van der Waals surface area contributed by atoms with Crippen LogP contribution in [0.3, 0.4) is 0 Å². The molecule has 1 heterocycles. The van der Waals surface area contributed by atoms with Crippen molar-refractivity contribution in [3.8, 4) is 0 Å². The van der Waals surface area contributed by atoms with E-state index in [0.29, 0.717) is 12.1 Å². The highest BCUT2D eigenvalue weighted by molar-refractivity contribution is 7.10. The second-order valence-electron chi connectivity index (χ2n) is 5.89. The molecule has 2 aromatic rings. The van der Waals surface area contributed by atoms with Crippen LogP contribution >= 0.6 is 22.9 Å². The number of thiophene rings is 1. The summed E-state index contributed by atoms with van der Waals surface area (Å²) in [7, 11) is 0. The standard InChI is InChI=1S/C18H22ClNS/c1-2-4-16(17-5-3-12-21-17)20-18(13-6-7-13)14-8-10-15(19)11-9-14/h3,5,8-13,16,18,20H,2,4,6-7H2,1H3. The molecule has 0 radical (unpaired) electrons. The van der Waals surface area contributed by atoms with Gasteiger partial charge in [0.25, 0.3) is 0 Å². The molecular weight excluding hydrogens is 298 g/mol. The third-order valence-electron chi connectivity index (χ3n) is 4.17. The molecule has 1 aliphatic carbocycles. The van der Waals surface area contributed by atoms with E-state index in [9.17, 15) is 0 Å². The summed E-state index contributed by atoms with van der Waals surface area (Å²) < 4.78 is 0. The Morgan fingerprint density at radius 3 is 2.57 bits per heavy atom. The zero-order chi connectivity index (χ0) is 14.7. The second-order valence-corrected chi connectivity index (χ2v) is 7.31. The van der Waals surface area contributed by atoms with Crippen LogP contribution in [-0.2, 0) is 0 Å². The first-order valence-corrected chi connectivity index (χ1v) is 9.08. The van der Waals surface area contributed by atoms with Gasteiger partial charge in [-0.15, -0.1) is 11.3 Å². The molecule has 1 nitrogen and oxygen atoms in total. The largest absolute Gasteiger partial charge is 0.302 e. The summed E-state index contributed by atoms with van der Waals surface area (Å²) in [6.45, 7) is 2.26. The lowest BCUT2D eigenvalue weighted by Crippen LogP contribution is -2.27. The summed E-state index contributed by atoms with van der Waals surface area (Å²) in [5.41, 5.74) is 1.37. The second kappa shape index (κ2) is 6.95. The number of hydrogen-bond acceptors (Lipinski definition) is 2. The van der Waals surface area contributed by atoms with Crippen molar-refractivity contribution < 1.29 is 0 Å². The molecule has 3 heteroatoms. The summed E-state index contributed by atoms with van der Waals surface area (Å²) >= 11 is 7.89. The molecule has 1 N–H and O–H groups in total. The van der Waals surface area contributed by atoms with Gasteiger partial charge in [-0.3, -0.25) is 0 Å². The molecule has 2 atom stereocenters. The van der Waals surface area contributed by atoms with E-state index in [2.05, 4.69) is 41.9 Å². The highest BCUT2D eigenvalue weighted by Crippen LogP contribution is 2.43. The van der Waals surface area contributed by atoms with Gasteiger partial charge in [-0.2, -0.15) is 0 Å². The minimum atomic E-state index is 0.459. The molecule has 0 amide bonds. The van der Waals surface area contributed by atoms with E-state index in [1.54, 1.807) is 0 Å². The van der Waals surface area contributed by atoms with Gasteiger partial charge in [-0.25, -0.2) is 0 Å². The summed E-state index contributed by atoms with van der Waals surface area (Å²) in [6.07, 6.45) is 5.07. The van der Waals surface area contributed by atoms with Crippen LogP contribution in [0.5, 0.6) is 0 Å². The molecule has 112 valence electrons. The fourth-order valence-electron chi connectivity index (χ4n) is 2.91. The topological polar surface area (TPSA) is 12.0 Å². The highest BCUT2D eigenvalue weighted by Gasteiger charge is 2.33. The maximum Gasteiger partial charge on any atom is 0.0419 e. The van der Waals surface area contributed by atoms with Gasteiger partial charge in [0.1, 0.15) is 0 Å². The fourth-order valence-corrected chi connectivity index (χ4v) is 3.85. The first kappa shape index (κ1) is 15.1. The van der Waals surface area contributed by atoms with Crippen LogP contribution in [0.4, 0.5) is 0 Å². The monoisotopic (exact) mass is 319 g/mol. The van der Waals surface area contributed by atoms with Gasteiger partial charge < -0.3 is 5.32 Å². The first-order valence-electron chi connectivity index (χ1n) is 7.83. The van der Waals surface area contributed by atoms with E-state index in [1.165, 1.54) is 36.1 Å². The molecule has 2 unspecified atom stereocenters. The highest BCUT2D eigenvalue weighted by atomic mass is 35.5. The normalized spacial score (nSPS) is 17.6. The number of hydrogen-bond donors (Lipinski definition) is 1. The first-order chi connectivity index (χ1) is 10.3. The number of halogens is 1. The lowest BCUT2D eigenvalue weighted by Gasteiger charge is -2.25. The Bertz CT molecular complexity index is 545. The van der Waals surface area contributed by atoms with Gasteiger partial charge >= 0.3 is 0 Å². The molecule has 21 heavy (non-hydrogen) atoms. The zero-order valence-corrected chi connectivity index (χ0v) is 14.0. The maximum atomic E-state index is 6.03. The lowest BCUT2D eigenvalue weighted by molar-refractivity contribution is 0.395. The van der Waals surface area contributed by atoms with E-state index in [1.807, 2.05) is 23.5 Å². The van der Waals surface area contributed by atoms with Gasteiger partial charge in [0.15, 0.2) is 0 Å². The average Bonchev–Trinajstić information content (AvgIpc) is 3.18. The van der Waals surface area contributed by atoms with Crippen LogP contribution in [0.15, 0.2) is 41.8 Å². The van der Waals surface area contributed by atoms with Gasteiger partial charge in [0, 0.05) is 22.0 Å². The molecule has 1 aromatic heterocycles. The number of nitrogens with one attached hydrogen (secondary N) is 1. The molecule has 1 aromatic carbocycles. The average molecular weight is 320 g/mol. The molecule has 1 aliphatic rings. The lowest BCUT2D eigenvalue weighted by atomic mass is 9.99. The molecule has 1 saturated carbocycles. The molecule has 3 rings (SSSR count). The van der Waals surface area contributed by atoms with E-state index in [0.717, 1.165) is 10.9 Å². The number of rotatable bonds is 7. The van der Waals surface area contributed by atoms with E-state index < -0.39 is 0 Å². The fraction of sp³-hybridized carbons (Fsp3) is 0.444. The quantitative estimate of drug-likeness (QED) is 0.661. The minimum absolute atomic E-state index is 0.459. The number of benzene rings is 1. The van der Waals surface area contributed by atoms with Crippen molar-refractivity contribution >= 4 is 22.9 Å². The van der Waals surface area contributed by atoms with Crippen LogP contribution in [0.1, 0.15) is 55.1 Å². The van der Waals surface area contributed by atoms with Gasteiger partial charge in [0.05, 0.1) is 0 Å². The SMILES string of the molecule is CCCC(NC(c1ccc(Cl)cc1)C1CC1)c1cccs1. The third-order valence-corrected chi connectivity index (χ3v) is 5.41. The van der Waals surface area contributed by atoms with Crippen molar-refractivity contribution in [2.75, 3.05) is 0 Å². The summed E-state index contributed by atoms with van der Waals surface area (Å²) in [5, 5.41) is 6.91. The van der Waals surface area contributed by atoms with Crippen LogP contribution in [-0.4, -0.2) is 0 Å². The smallest absolute Gasteiger partial charge is 0.0419 e. The summed E-state index contributed by atoms with van der Waals surface area (Å²) in [5.74, 6) is 0.783. The van der Waals surface area contributed by atoms with E-state index in [4.69, 9.17) is 11.6 Å². The Hall–Kier alpha value is -0.830. The van der Waals surface area contributed by atoms with E-state index >= 15 is 0 Å². The van der Waals surface area contributed by atoms with Gasteiger partial charge in [0.2, 0.25) is 0 Å². The Labute approximate surface area is 136 Å². The zero-order valence-electron chi connectivity index (χ0n) is 12.4. The third kappa shape index (κ3) is 3.88. The molecular formula is C18H22ClNS. The van der Waals surface area contributed by atoms with Crippen molar-refractivity contribution in [3.05, 3.63) is 57.2 Å². The van der Waals surface area contributed by atoms with Crippen molar-refractivity contribution in [3.63, 3.8) is 0 Å². The van der Waals surface area contributed by atoms with Gasteiger partial charge in [-0.1, -0.05) is 43.1 Å². The van der Waals surface area contributed by atoms with Gasteiger partial charge in [-0.05, 0) is 54.3 Å². The molecule has 1 fully saturated rings. The molecule has 0 spiro atoms. The van der Waals surface area contributed by atoms with Crippen LogP contribution in [0.2, 0.25) is 5.02 Å². The predicted octanol–water partition coefficient (Wildman–Crippen LogP) is 5.98. The Morgan fingerprint density at radius 2 is 2.00 bits per heavy atom. The Kier molecular flexibility index (Phi) is 4.99. The summed E-state index contributed by atoms with van der Waals surface area (Å²) in [4.78, 5) is 1.46. The van der Waals surface area contributed by atoms with Crippen LogP contribution in [0.25, 0.3) is 0 Å². The molecule has 0 saturated heterocycles. The molecule has 0 bridgehead atoms. The predicted molar refractivity (Wildman–Crippen MR) is 92.0 cm³/mol.